The van der Waals surface area contributed by atoms with Crippen molar-refractivity contribution in [1.29, 1.82) is 0 Å². The van der Waals surface area contributed by atoms with Crippen LogP contribution in [0.1, 0.15) is 25.1 Å². The first-order chi connectivity index (χ1) is 17.1. The first-order valence-electron chi connectivity index (χ1n) is 11.9. The van der Waals surface area contributed by atoms with Gasteiger partial charge >= 0.3 is 0 Å². The van der Waals surface area contributed by atoms with Crippen LogP contribution in [0.15, 0.2) is 84.9 Å². The molecule has 3 heterocycles. The quantitative estimate of drug-likeness (QED) is 0.293. The summed E-state index contributed by atoms with van der Waals surface area (Å²) in [6.45, 7) is 4.31. The number of pyridine rings is 2. The second-order valence-corrected chi connectivity index (χ2v) is 8.66. The zero-order chi connectivity index (χ0) is 23.9. The fourth-order valence-electron chi connectivity index (χ4n) is 4.68. The lowest BCUT2D eigenvalue weighted by molar-refractivity contribution is 0.460. The molecule has 6 aromatic rings. The average molecular weight is 460 g/mol. The zero-order valence-electron chi connectivity index (χ0n) is 19.7. The van der Waals surface area contributed by atoms with Crippen molar-refractivity contribution < 1.29 is 9.84 Å². The van der Waals surface area contributed by atoms with Crippen molar-refractivity contribution in [3.05, 3.63) is 96.2 Å². The van der Waals surface area contributed by atoms with E-state index in [1.165, 1.54) is 10.9 Å². The van der Waals surface area contributed by atoms with E-state index in [2.05, 4.69) is 65.9 Å². The number of rotatable bonds is 5. The first-order valence-corrected chi connectivity index (χ1v) is 11.9. The molecule has 5 heteroatoms. The molecule has 0 radical (unpaired) electrons. The van der Waals surface area contributed by atoms with Crippen molar-refractivity contribution in [3.8, 4) is 23.2 Å². The lowest BCUT2D eigenvalue weighted by atomic mass is 10.1. The summed E-state index contributed by atoms with van der Waals surface area (Å²) < 4.78 is 8.39. The maximum Gasteiger partial charge on any atom is 0.219 e. The molecule has 6 rings (SSSR count). The van der Waals surface area contributed by atoms with Gasteiger partial charge in [-0.3, -0.25) is 4.57 Å². The van der Waals surface area contributed by atoms with Gasteiger partial charge in [0.2, 0.25) is 5.88 Å². The molecule has 0 aliphatic carbocycles. The number of aromatic nitrogens is 3. The summed E-state index contributed by atoms with van der Waals surface area (Å²) in [5.41, 5.74) is 5.00. The number of hydrogen-bond acceptors (Lipinski definition) is 4. The van der Waals surface area contributed by atoms with E-state index in [1.54, 1.807) is 12.1 Å². The third kappa shape index (κ3) is 3.66. The average Bonchev–Trinajstić information content (AvgIpc) is 3.22. The van der Waals surface area contributed by atoms with Crippen LogP contribution in [0, 0.1) is 0 Å². The van der Waals surface area contributed by atoms with Gasteiger partial charge in [0.05, 0.1) is 11.0 Å². The van der Waals surface area contributed by atoms with E-state index in [9.17, 15) is 5.11 Å². The molecule has 0 atom stereocenters. The Bertz CT molecular complexity index is 1700. The zero-order valence-corrected chi connectivity index (χ0v) is 19.7. The number of aromatic hydroxyl groups is 1. The van der Waals surface area contributed by atoms with Crippen molar-refractivity contribution in [2.75, 3.05) is 0 Å². The van der Waals surface area contributed by atoms with Gasteiger partial charge in [-0.15, -0.1) is 0 Å². The van der Waals surface area contributed by atoms with Crippen molar-refractivity contribution in [2.45, 2.75) is 26.7 Å². The van der Waals surface area contributed by atoms with Crippen LogP contribution in [0.5, 0.6) is 17.4 Å². The molecular formula is C30H25N3O2. The van der Waals surface area contributed by atoms with Crippen molar-refractivity contribution in [1.82, 2.24) is 14.5 Å². The minimum absolute atomic E-state index is 0.136. The van der Waals surface area contributed by atoms with E-state index >= 15 is 0 Å². The number of nitrogens with zero attached hydrogens (tertiary/aromatic N) is 3. The Balaban J connectivity index is 1.53. The number of phenols is 1. The minimum Gasteiger partial charge on any atom is -0.506 e. The van der Waals surface area contributed by atoms with Gasteiger partial charge in [0.1, 0.15) is 22.8 Å². The highest BCUT2D eigenvalue weighted by Crippen LogP contribution is 2.35. The molecule has 0 aliphatic rings. The lowest BCUT2D eigenvalue weighted by Crippen LogP contribution is -2.02. The number of ether oxygens (including phenoxy) is 1. The molecule has 0 saturated heterocycles. The predicted molar refractivity (Wildman–Crippen MR) is 141 cm³/mol. The third-order valence-electron chi connectivity index (χ3n) is 6.47. The van der Waals surface area contributed by atoms with Gasteiger partial charge in [-0.25, -0.2) is 9.97 Å². The number of benzene rings is 3. The summed E-state index contributed by atoms with van der Waals surface area (Å²) in [7, 11) is 0. The molecule has 0 fully saturated rings. The van der Waals surface area contributed by atoms with Gasteiger partial charge in [-0.2, -0.15) is 0 Å². The maximum absolute atomic E-state index is 10.2. The topological polar surface area (TPSA) is 60.2 Å². The number of hydrogen-bond donors (Lipinski definition) is 1. The van der Waals surface area contributed by atoms with Gasteiger partial charge in [-0.1, -0.05) is 44.2 Å². The molecule has 0 unspecified atom stereocenters. The van der Waals surface area contributed by atoms with Crippen LogP contribution >= 0.6 is 0 Å². The van der Waals surface area contributed by atoms with Crippen molar-refractivity contribution in [3.63, 3.8) is 0 Å². The van der Waals surface area contributed by atoms with Gasteiger partial charge in [0.25, 0.3) is 0 Å². The maximum atomic E-state index is 10.2. The first kappa shape index (κ1) is 21.2. The summed E-state index contributed by atoms with van der Waals surface area (Å²) >= 11 is 0. The highest BCUT2D eigenvalue weighted by atomic mass is 16.5. The van der Waals surface area contributed by atoms with Crippen LogP contribution in [-0.4, -0.2) is 19.6 Å². The van der Waals surface area contributed by atoms with Crippen LogP contribution in [-0.2, 0) is 12.8 Å². The van der Waals surface area contributed by atoms with Crippen LogP contribution < -0.4 is 4.74 Å². The summed E-state index contributed by atoms with van der Waals surface area (Å²) in [4.78, 5) is 9.51. The van der Waals surface area contributed by atoms with Crippen LogP contribution in [0.4, 0.5) is 0 Å². The molecule has 172 valence electrons. The molecule has 3 aromatic carbocycles. The molecule has 5 nitrogen and oxygen atoms in total. The Morgan fingerprint density at radius 1 is 0.771 bits per heavy atom. The van der Waals surface area contributed by atoms with E-state index in [-0.39, 0.29) is 5.75 Å². The summed E-state index contributed by atoms with van der Waals surface area (Å²) in [5.74, 6) is 2.15. The Hall–Kier alpha value is -4.38. The molecule has 0 amide bonds. The van der Waals surface area contributed by atoms with Crippen LogP contribution in [0.3, 0.4) is 0 Å². The molecule has 0 aliphatic heterocycles. The molecule has 35 heavy (non-hydrogen) atoms. The largest absolute Gasteiger partial charge is 0.506 e. The normalized spacial score (nSPS) is 11.5. The van der Waals surface area contributed by atoms with E-state index in [0.29, 0.717) is 17.1 Å². The SMILES string of the molecule is CCc1cc(CC)nc(-n2c3ccccc3c3ccc(Oc4ccc5cccc(O)c5n4)cc32)c1. The van der Waals surface area contributed by atoms with E-state index in [1.807, 2.05) is 30.3 Å². The smallest absolute Gasteiger partial charge is 0.219 e. The highest BCUT2D eigenvalue weighted by molar-refractivity contribution is 6.09. The second kappa shape index (κ2) is 8.44. The van der Waals surface area contributed by atoms with Crippen LogP contribution in [0.2, 0.25) is 0 Å². The van der Waals surface area contributed by atoms with Crippen molar-refractivity contribution >= 4 is 32.7 Å². The monoisotopic (exact) mass is 459 g/mol. The van der Waals surface area contributed by atoms with Gasteiger partial charge in [0.15, 0.2) is 0 Å². The fourth-order valence-corrected chi connectivity index (χ4v) is 4.68. The Morgan fingerprint density at radius 2 is 1.63 bits per heavy atom. The Labute approximate surface area is 203 Å². The number of phenolic OH excluding ortho intramolecular Hbond substituents is 1. The Kier molecular flexibility index (Phi) is 5.10. The predicted octanol–water partition coefficient (Wildman–Crippen LogP) is 7.35. The van der Waals surface area contributed by atoms with Crippen molar-refractivity contribution in [2.24, 2.45) is 0 Å². The summed E-state index contributed by atoms with van der Waals surface area (Å²) in [6, 6.07) is 27.9. The lowest BCUT2D eigenvalue weighted by Gasteiger charge is -2.12. The summed E-state index contributed by atoms with van der Waals surface area (Å²) in [5, 5.41) is 13.4. The van der Waals surface area contributed by atoms with Crippen LogP contribution in [0.25, 0.3) is 38.5 Å². The third-order valence-corrected chi connectivity index (χ3v) is 6.47. The molecule has 0 saturated carbocycles. The summed E-state index contributed by atoms with van der Waals surface area (Å²) in [6.07, 6.45) is 1.83. The van der Waals surface area contributed by atoms with E-state index in [0.717, 1.165) is 46.2 Å². The van der Waals surface area contributed by atoms with Gasteiger partial charge < -0.3 is 9.84 Å². The van der Waals surface area contributed by atoms with E-state index in [4.69, 9.17) is 9.72 Å². The number of aryl methyl sites for hydroxylation is 2. The molecule has 3 aromatic heterocycles. The number of para-hydroxylation sites is 2. The number of fused-ring (bicyclic) bond motifs is 4. The molecular weight excluding hydrogens is 434 g/mol. The van der Waals surface area contributed by atoms with Gasteiger partial charge in [-0.05, 0) is 60.9 Å². The highest BCUT2D eigenvalue weighted by Gasteiger charge is 2.15. The minimum atomic E-state index is 0.136. The molecule has 0 bridgehead atoms. The fraction of sp³-hybridized carbons (Fsp3) is 0.133. The van der Waals surface area contributed by atoms with Gasteiger partial charge in [0, 0.05) is 34.0 Å². The Morgan fingerprint density at radius 3 is 2.49 bits per heavy atom. The molecule has 0 spiro atoms. The standard InChI is InChI=1S/C30H25N3O2/c1-3-19-16-21(4-2)31-28(17-19)33-25-10-6-5-9-23(25)24-14-13-22(18-26(24)33)35-29-15-12-20-8-7-11-27(34)30(20)32-29/h5-18,34H,3-4H2,1-2H3. The van der Waals surface area contributed by atoms with E-state index < -0.39 is 0 Å². The molecule has 1 N–H and O–H groups in total. The second-order valence-electron chi connectivity index (χ2n) is 8.66.